The van der Waals surface area contributed by atoms with Crippen LogP contribution in [-0.2, 0) is 6.54 Å². The first-order valence-corrected chi connectivity index (χ1v) is 3.17. The van der Waals surface area contributed by atoms with Gasteiger partial charge in [0.15, 0.2) is 0 Å². The maximum absolute atomic E-state index is 5.01. The molecule has 0 N–H and O–H groups in total. The third kappa shape index (κ3) is 1.26. The normalized spacial score (nSPS) is 10.2. The molecule has 0 aliphatic rings. The van der Waals surface area contributed by atoms with Crippen LogP contribution in [0.2, 0.25) is 0 Å². The zero-order valence-corrected chi connectivity index (χ0v) is 5.71. The molecule has 0 saturated carbocycles. The van der Waals surface area contributed by atoms with Gasteiger partial charge < -0.3 is 4.42 Å². The van der Waals surface area contributed by atoms with Gasteiger partial charge in [0.2, 0.25) is 5.89 Å². The standard InChI is InChI=1S/C6H6N4O/c1-3-10(9-8-1)5-6-7-2-4-11-6/h1-4H,5H2. The van der Waals surface area contributed by atoms with Gasteiger partial charge in [-0.25, -0.2) is 9.67 Å². The van der Waals surface area contributed by atoms with Crippen LogP contribution in [0.4, 0.5) is 0 Å². The molecular formula is C6H6N4O. The van der Waals surface area contributed by atoms with Gasteiger partial charge >= 0.3 is 0 Å². The summed E-state index contributed by atoms with van der Waals surface area (Å²) in [5.41, 5.74) is 0. The van der Waals surface area contributed by atoms with Crippen molar-refractivity contribution < 1.29 is 4.42 Å². The van der Waals surface area contributed by atoms with E-state index in [0.29, 0.717) is 12.4 Å². The van der Waals surface area contributed by atoms with Crippen LogP contribution in [-0.4, -0.2) is 20.0 Å². The third-order valence-corrected chi connectivity index (χ3v) is 1.25. The average Bonchev–Trinajstić information content (AvgIpc) is 2.60. The molecule has 2 aromatic heterocycles. The minimum Gasteiger partial charge on any atom is -0.447 e. The Morgan fingerprint density at radius 3 is 3.09 bits per heavy atom. The predicted molar refractivity (Wildman–Crippen MR) is 35.6 cm³/mol. The molecule has 0 amide bonds. The minimum absolute atomic E-state index is 0.535. The lowest BCUT2D eigenvalue weighted by atomic mass is 10.6. The van der Waals surface area contributed by atoms with Gasteiger partial charge in [-0.2, -0.15) is 0 Å². The lowest BCUT2D eigenvalue weighted by Gasteiger charge is -1.92. The van der Waals surface area contributed by atoms with Crippen molar-refractivity contribution in [1.82, 2.24) is 20.0 Å². The van der Waals surface area contributed by atoms with E-state index in [1.165, 1.54) is 6.26 Å². The van der Waals surface area contributed by atoms with Gasteiger partial charge in [-0.15, -0.1) is 5.10 Å². The van der Waals surface area contributed by atoms with Crippen molar-refractivity contribution in [2.24, 2.45) is 0 Å². The summed E-state index contributed by atoms with van der Waals surface area (Å²) in [6.07, 6.45) is 6.51. The average molecular weight is 150 g/mol. The highest BCUT2D eigenvalue weighted by Crippen LogP contribution is 1.95. The maximum atomic E-state index is 5.01. The molecule has 2 aromatic rings. The second-order valence-electron chi connectivity index (χ2n) is 2.03. The fraction of sp³-hybridized carbons (Fsp3) is 0.167. The van der Waals surface area contributed by atoms with Gasteiger partial charge in [0.1, 0.15) is 12.8 Å². The topological polar surface area (TPSA) is 56.7 Å². The monoisotopic (exact) mass is 150 g/mol. The predicted octanol–water partition coefficient (Wildman–Crippen LogP) is 0.314. The van der Waals surface area contributed by atoms with Crippen molar-refractivity contribution in [3.8, 4) is 0 Å². The van der Waals surface area contributed by atoms with Gasteiger partial charge in [-0.05, 0) is 0 Å². The Hall–Kier alpha value is -1.65. The van der Waals surface area contributed by atoms with Gasteiger partial charge in [-0.3, -0.25) is 0 Å². The summed E-state index contributed by atoms with van der Waals surface area (Å²) in [6, 6.07) is 0. The molecule has 0 bridgehead atoms. The largest absolute Gasteiger partial charge is 0.447 e. The molecule has 2 rings (SSSR count). The molecule has 2 heterocycles. The van der Waals surface area contributed by atoms with Crippen LogP contribution in [0.5, 0.6) is 0 Å². The van der Waals surface area contributed by atoms with E-state index in [1.54, 1.807) is 23.3 Å². The molecular weight excluding hydrogens is 144 g/mol. The lowest BCUT2D eigenvalue weighted by molar-refractivity contribution is 0.460. The number of hydrogen-bond acceptors (Lipinski definition) is 4. The van der Waals surface area contributed by atoms with Crippen molar-refractivity contribution in [2.75, 3.05) is 0 Å². The van der Waals surface area contributed by atoms with Crippen LogP contribution in [0, 0.1) is 0 Å². The zero-order valence-electron chi connectivity index (χ0n) is 5.71. The van der Waals surface area contributed by atoms with E-state index in [9.17, 15) is 0 Å². The van der Waals surface area contributed by atoms with E-state index in [4.69, 9.17) is 4.42 Å². The van der Waals surface area contributed by atoms with Crippen molar-refractivity contribution in [1.29, 1.82) is 0 Å². The highest BCUT2D eigenvalue weighted by Gasteiger charge is 1.97. The quantitative estimate of drug-likeness (QED) is 0.618. The summed E-state index contributed by atoms with van der Waals surface area (Å²) in [4.78, 5) is 3.94. The highest BCUT2D eigenvalue weighted by atomic mass is 16.3. The van der Waals surface area contributed by atoms with Gasteiger partial charge in [0.25, 0.3) is 0 Å². The van der Waals surface area contributed by atoms with Crippen molar-refractivity contribution in [3.05, 3.63) is 30.7 Å². The summed E-state index contributed by atoms with van der Waals surface area (Å²) in [5, 5.41) is 7.40. The number of nitrogens with zero attached hydrogens (tertiary/aromatic N) is 4. The van der Waals surface area contributed by atoms with Gasteiger partial charge in [0.05, 0.1) is 12.4 Å². The molecule has 5 heteroatoms. The summed E-state index contributed by atoms with van der Waals surface area (Å²) in [6.45, 7) is 0.535. The fourth-order valence-electron chi connectivity index (χ4n) is 0.787. The van der Waals surface area contributed by atoms with Gasteiger partial charge in [0, 0.05) is 6.20 Å². The van der Waals surface area contributed by atoms with Crippen molar-refractivity contribution in [2.45, 2.75) is 6.54 Å². The summed E-state index contributed by atoms with van der Waals surface area (Å²) < 4.78 is 6.65. The summed E-state index contributed by atoms with van der Waals surface area (Å²) in [5.74, 6) is 0.635. The highest BCUT2D eigenvalue weighted by molar-refractivity contribution is 4.81. The lowest BCUT2D eigenvalue weighted by Crippen LogP contribution is -2.00. The fourth-order valence-corrected chi connectivity index (χ4v) is 0.787. The van der Waals surface area contributed by atoms with E-state index in [2.05, 4.69) is 15.3 Å². The number of oxazole rings is 1. The maximum Gasteiger partial charge on any atom is 0.215 e. The second-order valence-corrected chi connectivity index (χ2v) is 2.03. The Bertz CT molecular complexity index is 267. The SMILES string of the molecule is c1cn(Cc2ncco2)nn1. The number of rotatable bonds is 2. The molecule has 0 unspecified atom stereocenters. The van der Waals surface area contributed by atoms with Crippen LogP contribution in [0.1, 0.15) is 5.89 Å². The molecule has 0 spiro atoms. The first-order chi connectivity index (χ1) is 5.45. The molecule has 0 atom stereocenters. The Morgan fingerprint density at radius 1 is 1.45 bits per heavy atom. The molecule has 0 aliphatic carbocycles. The van der Waals surface area contributed by atoms with Crippen molar-refractivity contribution in [3.63, 3.8) is 0 Å². The van der Waals surface area contributed by atoms with Gasteiger partial charge in [-0.1, -0.05) is 5.21 Å². The first-order valence-electron chi connectivity index (χ1n) is 3.17. The van der Waals surface area contributed by atoms with E-state index in [-0.39, 0.29) is 0 Å². The van der Waals surface area contributed by atoms with Crippen LogP contribution >= 0.6 is 0 Å². The van der Waals surface area contributed by atoms with Crippen LogP contribution in [0.25, 0.3) is 0 Å². The molecule has 0 radical (unpaired) electrons. The van der Waals surface area contributed by atoms with Crippen LogP contribution < -0.4 is 0 Å². The Labute approximate surface area is 62.7 Å². The van der Waals surface area contributed by atoms with E-state index < -0.39 is 0 Å². The van der Waals surface area contributed by atoms with E-state index in [0.717, 1.165) is 0 Å². The third-order valence-electron chi connectivity index (χ3n) is 1.25. The van der Waals surface area contributed by atoms with E-state index in [1.807, 2.05) is 0 Å². The van der Waals surface area contributed by atoms with Crippen LogP contribution in [0.3, 0.4) is 0 Å². The summed E-state index contributed by atoms with van der Waals surface area (Å²) in [7, 11) is 0. The smallest absolute Gasteiger partial charge is 0.215 e. The molecule has 56 valence electrons. The van der Waals surface area contributed by atoms with Crippen molar-refractivity contribution >= 4 is 0 Å². The molecule has 5 nitrogen and oxygen atoms in total. The molecule has 0 fully saturated rings. The molecule has 0 aromatic carbocycles. The second kappa shape index (κ2) is 2.53. The number of aromatic nitrogens is 4. The Morgan fingerprint density at radius 2 is 2.45 bits per heavy atom. The minimum atomic E-state index is 0.535. The summed E-state index contributed by atoms with van der Waals surface area (Å²) >= 11 is 0. The van der Waals surface area contributed by atoms with Crippen LogP contribution in [0.15, 0.2) is 29.3 Å². The van der Waals surface area contributed by atoms with E-state index >= 15 is 0 Å². The Kier molecular flexibility index (Phi) is 1.40. The molecule has 11 heavy (non-hydrogen) atoms. The Balaban J connectivity index is 2.14. The first kappa shape index (κ1) is 6.09. The zero-order chi connectivity index (χ0) is 7.52. The molecule has 0 aliphatic heterocycles. The number of hydrogen-bond donors (Lipinski definition) is 0. The molecule has 0 saturated heterocycles.